The summed E-state index contributed by atoms with van der Waals surface area (Å²) in [5, 5.41) is 2.08. The fraction of sp³-hybridized carbons (Fsp3) is 0.333. The van der Waals surface area contributed by atoms with Crippen molar-refractivity contribution in [2.24, 2.45) is 5.84 Å². The highest BCUT2D eigenvalue weighted by molar-refractivity contribution is 7.10. The highest BCUT2D eigenvalue weighted by Gasteiger charge is 2.15. The van der Waals surface area contributed by atoms with E-state index >= 15 is 0 Å². The highest BCUT2D eigenvalue weighted by Crippen LogP contribution is 2.27. The molecule has 2 aromatic rings. The van der Waals surface area contributed by atoms with Crippen molar-refractivity contribution in [1.82, 2.24) is 9.97 Å². The van der Waals surface area contributed by atoms with Gasteiger partial charge in [-0.05, 0) is 25.3 Å². The number of hydrazine groups is 1. The third kappa shape index (κ3) is 2.60. The second kappa shape index (κ2) is 5.32. The molecule has 2 heterocycles. The van der Waals surface area contributed by atoms with Crippen LogP contribution in [0.25, 0.3) is 0 Å². The Morgan fingerprint density at radius 2 is 2.22 bits per heavy atom. The minimum atomic E-state index is 0.268. The van der Waals surface area contributed by atoms with Gasteiger partial charge in [0.15, 0.2) is 0 Å². The first kappa shape index (κ1) is 12.8. The Bertz CT molecular complexity index is 511. The largest absolute Gasteiger partial charge is 0.352 e. The Morgan fingerprint density at radius 1 is 1.44 bits per heavy atom. The van der Waals surface area contributed by atoms with E-state index in [-0.39, 0.29) is 6.04 Å². The van der Waals surface area contributed by atoms with Gasteiger partial charge in [-0.15, -0.1) is 11.3 Å². The van der Waals surface area contributed by atoms with Crippen LogP contribution < -0.4 is 16.2 Å². The van der Waals surface area contributed by atoms with Gasteiger partial charge in [-0.1, -0.05) is 6.07 Å². The van der Waals surface area contributed by atoms with Crippen molar-refractivity contribution in [3.8, 4) is 0 Å². The van der Waals surface area contributed by atoms with Crippen LogP contribution in [0.3, 0.4) is 0 Å². The molecule has 6 heteroatoms. The van der Waals surface area contributed by atoms with Crippen LogP contribution in [-0.2, 0) is 0 Å². The Hall–Kier alpha value is -1.66. The van der Waals surface area contributed by atoms with Gasteiger partial charge >= 0.3 is 0 Å². The van der Waals surface area contributed by atoms with Gasteiger partial charge in [-0.25, -0.2) is 10.8 Å². The number of hydrogen-bond donors (Lipinski definition) is 2. The summed E-state index contributed by atoms with van der Waals surface area (Å²) in [7, 11) is 2.02. The average molecular weight is 263 g/mol. The Morgan fingerprint density at radius 3 is 2.83 bits per heavy atom. The summed E-state index contributed by atoms with van der Waals surface area (Å²) in [6.07, 6.45) is 0. The van der Waals surface area contributed by atoms with Gasteiger partial charge in [0.25, 0.3) is 0 Å². The number of rotatable bonds is 4. The molecule has 0 saturated carbocycles. The van der Waals surface area contributed by atoms with Crippen molar-refractivity contribution in [3.05, 3.63) is 34.2 Å². The zero-order valence-corrected chi connectivity index (χ0v) is 11.5. The van der Waals surface area contributed by atoms with Crippen molar-refractivity contribution in [2.75, 3.05) is 17.4 Å². The molecule has 3 N–H and O–H groups in total. The summed E-state index contributed by atoms with van der Waals surface area (Å²) in [5.41, 5.74) is 3.38. The number of aromatic nitrogens is 2. The standard InChI is InChI=1S/C12H17N5S/c1-8-7-11(15-12(14-8)16-13)17(3)9(2)10-5-4-6-18-10/h4-7,9H,13H2,1-3H3,(H,14,15,16). The van der Waals surface area contributed by atoms with Gasteiger partial charge in [0.05, 0.1) is 6.04 Å². The van der Waals surface area contributed by atoms with Crippen molar-refractivity contribution in [2.45, 2.75) is 19.9 Å². The molecule has 18 heavy (non-hydrogen) atoms. The van der Waals surface area contributed by atoms with E-state index in [1.165, 1.54) is 4.88 Å². The van der Waals surface area contributed by atoms with Crippen LogP contribution in [0.1, 0.15) is 23.5 Å². The fourth-order valence-electron chi connectivity index (χ4n) is 1.72. The molecular weight excluding hydrogens is 246 g/mol. The summed E-state index contributed by atoms with van der Waals surface area (Å²) in [4.78, 5) is 12.0. The van der Waals surface area contributed by atoms with Crippen molar-refractivity contribution >= 4 is 23.1 Å². The van der Waals surface area contributed by atoms with Gasteiger partial charge in [0.2, 0.25) is 5.95 Å². The first-order chi connectivity index (χ1) is 8.61. The van der Waals surface area contributed by atoms with Crippen LogP contribution in [0.2, 0.25) is 0 Å². The molecule has 1 unspecified atom stereocenters. The molecule has 0 aliphatic heterocycles. The monoisotopic (exact) mass is 263 g/mol. The molecule has 1 atom stereocenters. The molecule has 96 valence electrons. The zero-order valence-electron chi connectivity index (χ0n) is 10.7. The molecule has 0 fully saturated rings. The molecule has 5 nitrogen and oxygen atoms in total. The quantitative estimate of drug-likeness (QED) is 0.654. The molecular formula is C12H17N5S. The minimum absolute atomic E-state index is 0.268. The summed E-state index contributed by atoms with van der Waals surface area (Å²) < 4.78 is 0. The average Bonchev–Trinajstić information content (AvgIpc) is 2.90. The topological polar surface area (TPSA) is 67.1 Å². The lowest BCUT2D eigenvalue weighted by atomic mass is 10.2. The molecule has 0 spiro atoms. The second-order valence-corrected chi connectivity index (χ2v) is 5.12. The van der Waals surface area contributed by atoms with Crippen LogP contribution in [0.4, 0.5) is 11.8 Å². The van der Waals surface area contributed by atoms with Crippen molar-refractivity contribution in [3.63, 3.8) is 0 Å². The fourth-order valence-corrected chi connectivity index (χ4v) is 2.54. The van der Waals surface area contributed by atoms with Gasteiger partial charge in [0, 0.05) is 23.7 Å². The lowest BCUT2D eigenvalue weighted by Gasteiger charge is -2.25. The van der Waals surface area contributed by atoms with E-state index in [9.17, 15) is 0 Å². The van der Waals surface area contributed by atoms with Crippen LogP contribution in [-0.4, -0.2) is 17.0 Å². The Kier molecular flexibility index (Phi) is 3.78. The molecule has 2 rings (SSSR count). The van der Waals surface area contributed by atoms with Gasteiger partial charge < -0.3 is 4.90 Å². The third-order valence-corrected chi connectivity index (χ3v) is 3.91. The molecule has 0 aliphatic carbocycles. The molecule has 0 amide bonds. The van der Waals surface area contributed by atoms with Gasteiger partial charge in [-0.2, -0.15) is 4.98 Å². The lowest BCUT2D eigenvalue weighted by Crippen LogP contribution is -2.23. The normalized spacial score (nSPS) is 12.2. The number of nitrogens with zero attached hydrogens (tertiary/aromatic N) is 3. The summed E-state index contributed by atoms with van der Waals surface area (Å²) >= 11 is 1.74. The van der Waals surface area contributed by atoms with Gasteiger partial charge in [-0.3, -0.25) is 5.43 Å². The Labute approximate surface area is 111 Å². The molecule has 0 aromatic carbocycles. The van der Waals surface area contributed by atoms with Crippen LogP contribution in [0, 0.1) is 6.92 Å². The first-order valence-corrected chi connectivity index (χ1v) is 6.58. The highest BCUT2D eigenvalue weighted by atomic mass is 32.1. The van der Waals surface area contributed by atoms with Crippen LogP contribution in [0.5, 0.6) is 0 Å². The van der Waals surface area contributed by atoms with Crippen LogP contribution >= 0.6 is 11.3 Å². The first-order valence-electron chi connectivity index (χ1n) is 5.70. The third-order valence-electron chi connectivity index (χ3n) is 2.87. The van der Waals surface area contributed by atoms with E-state index in [4.69, 9.17) is 5.84 Å². The number of aryl methyl sites for hydroxylation is 1. The number of nitrogens with two attached hydrogens (primary N) is 1. The molecule has 0 aliphatic rings. The number of nitrogens with one attached hydrogen (secondary N) is 1. The predicted octanol–water partition coefficient (Wildman–Crippen LogP) is 2.33. The maximum atomic E-state index is 5.37. The van der Waals surface area contributed by atoms with E-state index < -0.39 is 0 Å². The smallest absolute Gasteiger partial charge is 0.239 e. The maximum absolute atomic E-state index is 5.37. The van der Waals surface area contributed by atoms with Crippen molar-refractivity contribution in [1.29, 1.82) is 0 Å². The summed E-state index contributed by atoms with van der Waals surface area (Å²) in [6, 6.07) is 6.40. The Balaban J connectivity index is 2.28. The van der Waals surface area contributed by atoms with E-state index in [1.54, 1.807) is 11.3 Å². The number of anilines is 2. The summed E-state index contributed by atoms with van der Waals surface area (Å²) in [6.45, 7) is 4.08. The SMILES string of the molecule is Cc1cc(N(C)C(C)c2cccs2)nc(NN)n1. The molecule has 0 bridgehead atoms. The van der Waals surface area contributed by atoms with E-state index in [0.29, 0.717) is 5.95 Å². The maximum Gasteiger partial charge on any atom is 0.239 e. The predicted molar refractivity (Wildman–Crippen MR) is 75.7 cm³/mol. The second-order valence-electron chi connectivity index (χ2n) is 4.14. The number of hydrogen-bond acceptors (Lipinski definition) is 6. The molecule has 0 radical (unpaired) electrons. The van der Waals surface area contributed by atoms with E-state index in [1.807, 2.05) is 20.0 Å². The number of thiophene rings is 1. The van der Waals surface area contributed by atoms with Crippen molar-refractivity contribution < 1.29 is 0 Å². The van der Waals surface area contributed by atoms with E-state index in [0.717, 1.165) is 11.5 Å². The van der Waals surface area contributed by atoms with Gasteiger partial charge in [0.1, 0.15) is 5.82 Å². The minimum Gasteiger partial charge on any atom is -0.352 e. The number of nitrogen functional groups attached to an aromatic ring is 1. The molecule has 2 aromatic heterocycles. The molecule has 0 saturated heterocycles. The summed E-state index contributed by atoms with van der Waals surface area (Å²) in [5.74, 6) is 6.66. The van der Waals surface area contributed by atoms with E-state index in [2.05, 4.69) is 44.7 Å². The zero-order chi connectivity index (χ0) is 13.1. The van der Waals surface area contributed by atoms with Crippen LogP contribution in [0.15, 0.2) is 23.6 Å². The lowest BCUT2D eigenvalue weighted by molar-refractivity contribution is 0.739.